The maximum absolute atomic E-state index is 13.0. The van der Waals surface area contributed by atoms with E-state index >= 15 is 0 Å². The fourth-order valence-electron chi connectivity index (χ4n) is 3.83. The van der Waals surface area contributed by atoms with Gasteiger partial charge in [0, 0.05) is 37.4 Å². The number of hydrogen-bond donors (Lipinski definition) is 0. The summed E-state index contributed by atoms with van der Waals surface area (Å²) in [6.45, 7) is 9.99. The van der Waals surface area contributed by atoms with Crippen LogP contribution in [-0.4, -0.2) is 58.7 Å². The molecule has 5 nitrogen and oxygen atoms in total. The molecule has 0 unspecified atom stereocenters. The number of likely N-dealkylation sites (N-methyl/N-ethyl adjacent to an activating group) is 1. The van der Waals surface area contributed by atoms with Crippen LogP contribution in [0.2, 0.25) is 0 Å². The molecule has 0 radical (unpaired) electrons. The van der Waals surface area contributed by atoms with Gasteiger partial charge in [-0.3, -0.25) is 9.48 Å². The van der Waals surface area contributed by atoms with E-state index in [1.54, 1.807) is 0 Å². The second-order valence-electron chi connectivity index (χ2n) is 6.87. The average molecular weight is 306 g/mol. The number of nitrogens with zero attached hydrogens (tertiary/aromatic N) is 4. The maximum Gasteiger partial charge on any atom is 0.230 e. The Morgan fingerprint density at radius 1 is 1.36 bits per heavy atom. The first-order chi connectivity index (χ1) is 10.3. The van der Waals surface area contributed by atoms with Gasteiger partial charge in [0.1, 0.15) is 0 Å². The van der Waals surface area contributed by atoms with Gasteiger partial charge in [-0.05, 0) is 40.8 Å². The van der Waals surface area contributed by atoms with Gasteiger partial charge >= 0.3 is 0 Å². The number of aromatic nitrogens is 2. The second kappa shape index (κ2) is 6.41. The molecule has 1 saturated heterocycles. The second-order valence-corrected chi connectivity index (χ2v) is 6.87. The van der Waals surface area contributed by atoms with Crippen molar-refractivity contribution in [1.82, 2.24) is 19.6 Å². The quantitative estimate of drug-likeness (QED) is 0.853. The molecule has 1 aromatic rings. The fourth-order valence-corrected chi connectivity index (χ4v) is 3.83. The number of rotatable bonds is 4. The standard InChI is InChI=1S/C17H30N4O/c1-8-14-9-21(10-15(14)19(5)6)17(22)11(2)16-12(3)18-20(7)13(16)4/h11,14-15H,8-10H2,1-7H3/t11-,14+,15-/m0/s1. The number of hydrogen-bond acceptors (Lipinski definition) is 3. The first kappa shape index (κ1) is 17.0. The van der Waals surface area contributed by atoms with E-state index in [9.17, 15) is 4.79 Å². The molecule has 1 fully saturated rings. The SMILES string of the molecule is CC[C@@H]1CN(C(=O)[C@@H](C)c2c(C)nn(C)c2C)C[C@@H]1N(C)C. The molecular weight excluding hydrogens is 276 g/mol. The number of amides is 1. The van der Waals surface area contributed by atoms with E-state index in [-0.39, 0.29) is 11.8 Å². The van der Waals surface area contributed by atoms with Gasteiger partial charge in [-0.15, -0.1) is 0 Å². The van der Waals surface area contributed by atoms with Crippen molar-refractivity contribution < 1.29 is 4.79 Å². The fraction of sp³-hybridized carbons (Fsp3) is 0.765. The van der Waals surface area contributed by atoms with Gasteiger partial charge in [-0.2, -0.15) is 5.10 Å². The van der Waals surface area contributed by atoms with Crippen molar-refractivity contribution >= 4 is 5.91 Å². The van der Waals surface area contributed by atoms with E-state index in [1.165, 1.54) is 0 Å². The Balaban J connectivity index is 2.18. The zero-order valence-electron chi connectivity index (χ0n) is 15.1. The van der Waals surface area contributed by atoms with Crippen molar-refractivity contribution in [2.45, 2.75) is 46.1 Å². The van der Waals surface area contributed by atoms with E-state index in [0.29, 0.717) is 12.0 Å². The van der Waals surface area contributed by atoms with Crippen LogP contribution in [0.1, 0.15) is 43.1 Å². The molecule has 0 spiro atoms. The van der Waals surface area contributed by atoms with Crippen LogP contribution >= 0.6 is 0 Å². The Kier molecular flexibility index (Phi) is 4.95. The van der Waals surface area contributed by atoms with Gasteiger partial charge in [0.05, 0.1) is 11.6 Å². The molecule has 0 bridgehead atoms. The predicted molar refractivity (Wildman–Crippen MR) is 88.9 cm³/mol. The summed E-state index contributed by atoms with van der Waals surface area (Å²) in [6, 6.07) is 0.470. The minimum absolute atomic E-state index is 0.118. The van der Waals surface area contributed by atoms with E-state index in [1.807, 2.05) is 32.5 Å². The van der Waals surface area contributed by atoms with Crippen molar-refractivity contribution in [2.24, 2.45) is 13.0 Å². The van der Waals surface area contributed by atoms with E-state index < -0.39 is 0 Å². The highest BCUT2D eigenvalue weighted by Crippen LogP contribution is 2.29. The summed E-state index contributed by atoms with van der Waals surface area (Å²) in [5.74, 6) is 0.691. The zero-order valence-corrected chi connectivity index (χ0v) is 15.1. The van der Waals surface area contributed by atoms with Crippen LogP contribution < -0.4 is 0 Å². The normalized spacial score (nSPS) is 23.4. The number of aryl methyl sites for hydroxylation is 2. The van der Waals surface area contributed by atoms with Gasteiger partial charge in [-0.1, -0.05) is 13.3 Å². The molecule has 2 rings (SSSR count). The zero-order chi connectivity index (χ0) is 16.6. The molecule has 1 amide bonds. The van der Waals surface area contributed by atoms with Crippen molar-refractivity contribution in [3.05, 3.63) is 17.0 Å². The lowest BCUT2D eigenvalue weighted by Gasteiger charge is -2.24. The monoisotopic (exact) mass is 306 g/mol. The van der Waals surface area contributed by atoms with Crippen molar-refractivity contribution in [1.29, 1.82) is 0 Å². The Hall–Kier alpha value is -1.36. The average Bonchev–Trinajstić information content (AvgIpc) is 3.00. The summed E-state index contributed by atoms with van der Waals surface area (Å²) in [7, 11) is 6.16. The highest BCUT2D eigenvalue weighted by molar-refractivity contribution is 5.84. The lowest BCUT2D eigenvalue weighted by Crippen LogP contribution is -2.37. The van der Waals surface area contributed by atoms with Crippen molar-refractivity contribution in [3.63, 3.8) is 0 Å². The van der Waals surface area contributed by atoms with Crippen molar-refractivity contribution in [2.75, 3.05) is 27.2 Å². The number of carbonyl (C=O) groups is 1. The number of likely N-dealkylation sites (tertiary alicyclic amines) is 1. The van der Waals surface area contributed by atoms with E-state index in [4.69, 9.17) is 0 Å². The van der Waals surface area contributed by atoms with Crippen LogP contribution in [0.4, 0.5) is 0 Å². The Bertz CT molecular complexity index is 549. The van der Waals surface area contributed by atoms with Crippen LogP contribution in [-0.2, 0) is 11.8 Å². The molecule has 3 atom stereocenters. The molecule has 1 aromatic heterocycles. The van der Waals surface area contributed by atoms with E-state index in [0.717, 1.165) is 36.5 Å². The highest BCUT2D eigenvalue weighted by Gasteiger charge is 2.37. The minimum atomic E-state index is -0.118. The molecule has 124 valence electrons. The minimum Gasteiger partial charge on any atom is -0.340 e. The summed E-state index contributed by atoms with van der Waals surface area (Å²) < 4.78 is 1.87. The van der Waals surface area contributed by atoms with Gasteiger partial charge in [-0.25, -0.2) is 0 Å². The van der Waals surface area contributed by atoms with Gasteiger partial charge < -0.3 is 9.80 Å². The predicted octanol–water partition coefficient (Wildman–Crippen LogP) is 1.94. The molecule has 5 heteroatoms. The topological polar surface area (TPSA) is 41.4 Å². The molecule has 1 aliphatic heterocycles. The molecule has 1 aliphatic rings. The van der Waals surface area contributed by atoms with Crippen LogP contribution in [0.5, 0.6) is 0 Å². The summed E-state index contributed by atoms with van der Waals surface area (Å²) in [4.78, 5) is 17.3. The highest BCUT2D eigenvalue weighted by atomic mass is 16.2. The molecule has 22 heavy (non-hydrogen) atoms. The molecule has 0 aromatic carbocycles. The van der Waals surface area contributed by atoms with Gasteiger partial charge in [0.2, 0.25) is 5.91 Å². The summed E-state index contributed by atoms with van der Waals surface area (Å²) in [6.07, 6.45) is 1.12. The summed E-state index contributed by atoms with van der Waals surface area (Å²) in [5.41, 5.74) is 3.15. The molecule has 0 N–H and O–H groups in total. The maximum atomic E-state index is 13.0. The molecule has 2 heterocycles. The Morgan fingerprint density at radius 2 is 2.00 bits per heavy atom. The van der Waals surface area contributed by atoms with Crippen LogP contribution in [0.3, 0.4) is 0 Å². The van der Waals surface area contributed by atoms with Gasteiger partial charge in [0.25, 0.3) is 0 Å². The lowest BCUT2D eigenvalue weighted by atomic mass is 9.97. The van der Waals surface area contributed by atoms with Crippen LogP contribution in [0.25, 0.3) is 0 Å². The molecule has 0 saturated carbocycles. The lowest BCUT2D eigenvalue weighted by molar-refractivity contribution is -0.131. The molecular formula is C17H30N4O. The Labute approximate surface area is 134 Å². The number of carbonyl (C=O) groups excluding carboxylic acids is 1. The molecule has 0 aliphatic carbocycles. The summed E-state index contributed by atoms with van der Waals surface area (Å²) >= 11 is 0. The first-order valence-corrected chi connectivity index (χ1v) is 8.23. The van der Waals surface area contributed by atoms with Gasteiger partial charge in [0.15, 0.2) is 0 Å². The largest absolute Gasteiger partial charge is 0.340 e. The Morgan fingerprint density at radius 3 is 2.41 bits per heavy atom. The van der Waals surface area contributed by atoms with Crippen molar-refractivity contribution in [3.8, 4) is 0 Å². The third-order valence-corrected chi connectivity index (χ3v) is 5.27. The third kappa shape index (κ3) is 2.91. The van der Waals surface area contributed by atoms with Crippen LogP contribution in [0, 0.1) is 19.8 Å². The van der Waals surface area contributed by atoms with Crippen LogP contribution in [0.15, 0.2) is 0 Å². The first-order valence-electron chi connectivity index (χ1n) is 8.23. The smallest absolute Gasteiger partial charge is 0.230 e. The summed E-state index contributed by atoms with van der Waals surface area (Å²) in [5, 5.41) is 4.45. The van der Waals surface area contributed by atoms with E-state index in [2.05, 4.69) is 35.9 Å². The third-order valence-electron chi connectivity index (χ3n) is 5.27.